The second-order valence-electron chi connectivity index (χ2n) is 3.47. The zero-order chi connectivity index (χ0) is 10.6. The van der Waals surface area contributed by atoms with Gasteiger partial charge in [0, 0.05) is 5.56 Å². The van der Waals surface area contributed by atoms with Gasteiger partial charge in [-0.25, -0.2) is 0 Å². The molecule has 0 fully saturated rings. The summed E-state index contributed by atoms with van der Waals surface area (Å²) in [5, 5.41) is 9.11. The first kappa shape index (κ1) is 10.8. The van der Waals surface area contributed by atoms with E-state index < -0.39 is 0 Å². The Bertz CT molecular complexity index is 329. The van der Waals surface area contributed by atoms with Gasteiger partial charge in [0.2, 0.25) is 0 Å². The number of aliphatic hydroxyl groups is 1. The molecule has 0 aliphatic rings. The summed E-state index contributed by atoms with van der Waals surface area (Å²) in [7, 11) is 0. The number of ether oxygens (including phenoxy) is 1. The van der Waals surface area contributed by atoms with E-state index in [0.717, 1.165) is 22.4 Å². The predicted molar refractivity (Wildman–Crippen MR) is 57.4 cm³/mol. The zero-order valence-electron chi connectivity index (χ0n) is 8.71. The lowest BCUT2D eigenvalue weighted by Crippen LogP contribution is -2.02. The van der Waals surface area contributed by atoms with E-state index >= 15 is 0 Å². The minimum atomic E-state index is 0.00715. The van der Waals surface area contributed by atoms with Crippen molar-refractivity contribution in [3.05, 3.63) is 41.5 Å². The van der Waals surface area contributed by atoms with E-state index in [0.29, 0.717) is 6.61 Å². The van der Waals surface area contributed by atoms with E-state index in [9.17, 15) is 0 Å². The van der Waals surface area contributed by atoms with Crippen LogP contribution in [-0.2, 0) is 6.61 Å². The zero-order valence-corrected chi connectivity index (χ0v) is 8.71. The minimum Gasteiger partial charge on any atom is -0.489 e. The summed E-state index contributed by atoms with van der Waals surface area (Å²) < 4.78 is 5.56. The molecular formula is C12H16O2. The van der Waals surface area contributed by atoms with Crippen LogP contribution in [-0.4, -0.2) is 11.7 Å². The first-order valence-electron chi connectivity index (χ1n) is 4.61. The van der Waals surface area contributed by atoms with E-state index in [1.165, 1.54) is 0 Å². The van der Waals surface area contributed by atoms with Gasteiger partial charge < -0.3 is 9.84 Å². The van der Waals surface area contributed by atoms with Gasteiger partial charge in [0.25, 0.3) is 0 Å². The van der Waals surface area contributed by atoms with Crippen molar-refractivity contribution in [1.82, 2.24) is 0 Å². The molecule has 0 radical (unpaired) electrons. The summed E-state index contributed by atoms with van der Waals surface area (Å²) in [6.45, 7) is 8.15. The Labute approximate surface area is 84.8 Å². The quantitative estimate of drug-likeness (QED) is 0.742. The normalized spacial score (nSPS) is 9.93. The topological polar surface area (TPSA) is 29.5 Å². The summed E-state index contributed by atoms with van der Waals surface area (Å²) in [6, 6.07) is 5.74. The molecule has 1 aromatic carbocycles. The number of rotatable bonds is 4. The van der Waals surface area contributed by atoms with E-state index in [4.69, 9.17) is 9.84 Å². The van der Waals surface area contributed by atoms with Crippen molar-refractivity contribution in [2.45, 2.75) is 20.5 Å². The van der Waals surface area contributed by atoms with Gasteiger partial charge in [-0.2, -0.15) is 0 Å². The fourth-order valence-electron chi connectivity index (χ4n) is 1.24. The van der Waals surface area contributed by atoms with Crippen LogP contribution in [0.5, 0.6) is 5.75 Å². The lowest BCUT2D eigenvalue weighted by atomic mass is 10.1. The van der Waals surface area contributed by atoms with E-state index in [1.807, 2.05) is 32.0 Å². The van der Waals surface area contributed by atoms with Crippen molar-refractivity contribution in [2.24, 2.45) is 0 Å². The van der Waals surface area contributed by atoms with Gasteiger partial charge in [0.1, 0.15) is 12.4 Å². The fraction of sp³-hybridized carbons (Fsp3) is 0.333. The Morgan fingerprint density at radius 3 is 2.79 bits per heavy atom. The molecule has 0 unspecified atom stereocenters. The number of hydrogen-bond donors (Lipinski definition) is 1. The molecule has 2 nitrogen and oxygen atoms in total. The average molecular weight is 192 g/mol. The predicted octanol–water partition coefficient (Wildman–Crippen LogP) is 2.44. The molecule has 76 valence electrons. The summed E-state index contributed by atoms with van der Waals surface area (Å²) in [4.78, 5) is 0. The molecule has 0 heterocycles. The average Bonchev–Trinajstić information content (AvgIpc) is 2.15. The van der Waals surface area contributed by atoms with E-state index in [1.54, 1.807) is 0 Å². The lowest BCUT2D eigenvalue weighted by molar-refractivity contribution is 0.268. The van der Waals surface area contributed by atoms with Crippen LogP contribution in [0.25, 0.3) is 0 Å². The minimum absolute atomic E-state index is 0.00715. The molecule has 0 spiro atoms. The van der Waals surface area contributed by atoms with E-state index in [-0.39, 0.29) is 6.61 Å². The van der Waals surface area contributed by atoms with Gasteiger partial charge in [-0.3, -0.25) is 0 Å². The summed E-state index contributed by atoms with van der Waals surface area (Å²) >= 11 is 0. The number of aryl methyl sites for hydroxylation is 1. The maximum atomic E-state index is 9.11. The summed E-state index contributed by atoms with van der Waals surface area (Å²) in [6.07, 6.45) is 0. The standard InChI is InChI=1S/C12H16O2/c1-9(2)8-14-12-10(3)5-4-6-11(12)7-13/h4-6,13H,1,7-8H2,2-3H3. The molecule has 0 aromatic heterocycles. The van der Waals surface area contributed by atoms with Crippen LogP contribution in [0.4, 0.5) is 0 Å². The van der Waals surface area contributed by atoms with Gasteiger partial charge >= 0.3 is 0 Å². The third-order valence-corrected chi connectivity index (χ3v) is 1.93. The number of aliphatic hydroxyl groups excluding tert-OH is 1. The molecule has 0 aliphatic carbocycles. The molecule has 2 heteroatoms. The highest BCUT2D eigenvalue weighted by atomic mass is 16.5. The van der Waals surface area contributed by atoms with Crippen LogP contribution in [0.1, 0.15) is 18.1 Å². The SMILES string of the molecule is C=C(C)COc1c(C)cccc1CO. The molecular weight excluding hydrogens is 176 g/mol. The second kappa shape index (κ2) is 4.82. The Balaban J connectivity index is 2.87. The summed E-state index contributed by atoms with van der Waals surface area (Å²) in [5.41, 5.74) is 2.83. The molecule has 1 N–H and O–H groups in total. The van der Waals surface area contributed by atoms with Gasteiger partial charge in [-0.1, -0.05) is 24.8 Å². The van der Waals surface area contributed by atoms with Crippen LogP contribution in [0, 0.1) is 6.92 Å². The first-order valence-corrected chi connectivity index (χ1v) is 4.61. The molecule has 0 bridgehead atoms. The monoisotopic (exact) mass is 192 g/mol. The summed E-state index contributed by atoms with van der Waals surface area (Å²) in [5.74, 6) is 0.776. The Hall–Kier alpha value is -1.28. The van der Waals surface area contributed by atoms with Crippen molar-refractivity contribution in [2.75, 3.05) is 6.61 Å². The third kappa shape index (κ3) is 2.60. The molecule has 0 atom stereocenters. The fourth-order valence-corrected chi connectivity index (χ4v) is 1.24. The molecule has 1 rings (SSSR count). The smallest absolute Gasteiger partial charge is 0.128 e. The van der Waals surface area contributed by atoms with Gasteiger partial charge in [-0.05, 0) is 25.0 Å². The highest BCUT2D eigenvalue weighted by Crippen LogP contribution is 2.23. The van der Waals surface area contributed by atoms with Crippen LogP contribution in [0.3, 0.4) is 0 Å². The van der Waals surface area contributed by atoms with E-state index in [2.05, 4.69) is 6.58 Å². The van der Waals surface area contributed by atoms with Crippen LogP contribution in [0.15, 0.2) is 30.4 Å². The first-order chi connectivity index (χ1) is 6.65. The van der Waals surface area contributed by atoms with Crippen molar-refractivity contribution < 1.29 is 9.84 Å². The van der Waals surface area contributed by atoms with Crippen LogP contribution >= 0.6 is 0 Å². The largest absolute Gasteiger partial charge is 0.489 e. The second-order valence-corrected chi connectivity index (χ2v) is 3.47. The molecule has 14 heavy (non-hydrogen) atoms. The van der Waals surface area contributed by atoms with Crippen LogP contribution < -0.4 is 4.74 Å². The van der Waals surface area contributed by atoms with Crippen LogP contribution in [0.2, 0.25) is 0 Å². The van der Waals surface area contributed by atoms with Crippen molar-refractivity contribution in [3.63, 3.8) is 0 Å². The molecule has 0 aliphatic heterocycles. The molecule has 0 saturated heterocycles. The number of benzene rings is 1. The van der Waals surface area contributed by atoms with Gasteiger partial charge in [0.15, 0.2) is 0 Å². The highest BCUT2D eigenvalue weighted by Gasteiger charge is 2.05. The molecule has 0 amide bonds. The third-order valence-electron chi connectivity index (χ3n) is 1.93. The Morgan fingerprint density at radius 2 is 2.21 bits per heavy atom. The van der Waals surface area contributed by atoms with Gasteiger partial charge in [-0.15, -0.1) is 0 Å². The van der Waals surface area contributed by atoms with Crippen molar-refractivity contribution >= 4 is 0 Å². The number of para-hydroxylation sites is 1. The van der Waals surface area contributed by atoms with Crippen molar-refractivity contribution in [1.29, 1.82) is 0 Å². The number of hydrogen-bond acceptors (Lipinski definition) is 2. The Morgan fingerprint density at radius 1 is 1.50 bits per heavy atom. The Kier molecular flexibility index (Phi) is 3.72. The van der Waals surface area contributed by atoms with Crippen molar-refractivity contribution in [3.8, 4) is 5.75 Å². The maximum absolute atomic E-state index is 9.11. The van der Waals surface area contributed by atoms with Gasteiger partial charge in [0.05, 0.1) is 6.61 Å². The maximum Gasteiger partial charge on any atom is 0.128 e. The highest BCUT2D eigenvalue weighted by molar-refractivity contribution is 5.40. The lowest BCUT2D eigenvalue weighted by Gasteiger charge is -2.12. The molecule has 1 aromatic rings. The molecule has 0 saturated carbocycles.